The molecule has 1 atom stereocenters. The molecule has 0 saturated carbocycles. The number of phenolic OH excluding ortho intramolecular Hbond substituents is 1. The molecule has 0 aliphatic carbocycles. The van der Waals surface area contributed by atoms with Gasteiger partial charge in [0.25, 0.3) is 0 Å². The molecule has 3 rings (SSSR count). The maximum absolute atomic E-state index is 12.1. The Kier molecular flexibility index (Phi) is 13.9. The Morgan fingerprint density at radius 3 is 2.36 bits per heavy atom. The zero-order valence-electron chi connectivity index (χ0n) is 20.6. The number of thiazole rings is 1. The molecule has 200 valence electrons. The first kappa shape index (κ1) is 31.7. The number of aromatic nitrogens is 1. The molecule has 0 aliphatic heterocycles. The number of H-pyrrole nitrogens is 1. The molecular formula is C25H36Cl2N4O4S. The van der Waals surface area contributed by atoms with Crippen molar-refractivity contribution in [2.45, 2.75) is 26.2 Å². The van der Waals surface area contributed by atoms with Crippen molar-refractivity contribution in [3.8, 4) is 5.75 Å². The van der Waals surface area contributed by atoms with Crippen LogP contribution < -0.4 is 10.2 Å². The van der Waals surface area contributed by atoms with Crippen molar-refractivity contribution in [3.05, 3.63) is 63.3 Å². The molecule has 4 N–H and O–H groups in total. The van der Waals surface area contributed by atoms with Gasteiger partial charge in [0.05, 0.1) is 4.70 Å². The highest BCUT2D eigenvalue weighted by Gasteiger charge is 2.23. The number of carbonyl (C=O) groups is 1. The third-order valence-electron chi connectivity index (χ3n) is 6.12. The molecule has 0 bridgehead atoms. The van der Waals surface area contributed by atoms with Crippen molar-refractivity contribution < 1.29 is 15.0 Å². The van der Waals surface area contributed by atoms with Crippen LogP contribution in [-0.4, -0.2) is 76.9 Å². The summed E-state index contributed by atoms with van der Waals surface area (Å²) in [6.45, 7) is 9.19. The van der Waals surface area contributed by atoms with Gasteiger partial charge in [-0.05, 0) is 36.7 Å². The lowest BCUT2D eigenvalue weighted by atomic mass is 9.91. The molecule has 0 fully saturated rings. The average Bonchev–Trinajstić information content (AvgIpc) is 3.23. The van der Waals surface area contributed by atoms with Crippen molar-refractivity contribution in [1.82, 2.24) is 20.1 Å². The van der Waals surface area contributed by atoms with Gasteiger partial charge < -0.3 is 30.3 Å². The second kappa shape index (κ2) is 15.7. The van der Waals surface area contributed by atoms with Gasteiger partial charge in [-0.2, -0.15) is 0 Å². The number of halogens is 2. The lowest BCUT2D eigenvalue weighted by molar-refractivity contribution is 0.142. The molecule has 1 unspecified atom stereocenters. The number of rotatable bonds is 13. The van der Waals surface area contributed by atoms with Gasteiger partial charge in [0, 0.05) is 38.6 Å². The fourth-order valence-corrected chi connectivity index (χ4v) is 5.13. The van der Waals surface area contributed by atoms with Gasteiger partial charge in [-0.1, -0.05) is 61.6 Å². The van der Waals surface area contributed by atoms with Crippen molar-refractivity contribution in [2.24, 2.45) is 0 Å². The number of fused-ring (bicyclic) bond motifs is 1. The molecule has 1 aromatic heterocycles. The summed E-state index contributed by atoms with van der Waals surface area (Å²) in [6, 6.07) is 13.3. The number of likely N-dealkylation sites (N-methyl/N-ethyl adjacent to an activating group) is 1. The van der Waals surface area contributed by atoms with E-state index in [0.29, 0.717) is 29.7 Å². The molecule has 0 radical (unpaired) electrons. The lowest BCUT2D eigenvalue weighted by Crippen LogP contribution is -2.40. The summed E-state index contributed by atoms with van der Waals surface area (Å²) < 4.78 is 0.675. The first-order valence-corrected chi connectivity index (χ1v) is 12.5. The topological polar surface area (TPSA) is 109 Å². The van der Waals surface area contributed by atoms with Crippen LogP contribution in [-0.2, 0) is 6.42 Å². The predicted octanol–water partition coefficient (Wildman–Crippen LogP) is 4.38. The Morgan fingerprint density at radius 1 is 1.06 bits per heavy atom. The number of nitrogens with one attached hydrogen (secondary N) is 2. The maximum atomic E-state index is 12.1. The summed E-state index contributed by atoms with van der Waals surface area (Å²) in [5.74, 6) is -0.160. The van der Waals surface area contributed by atoms with E-state index < -0.39 is 6.09 Å². The number of nitrogens with zero attached hydrogens (tertiary/aromatic N) is 2. The van der Waals surface area contributed by atoms with E-state index in [2.05, 4.69) is 29.0 Å². The van der Waals surface area contributed by atoms with Gasteiger partial charge in [-0.3, -0.25) is 4.79 Å². The molecule has 36 heavy (non-hydrogen) atoms. The van der Waals surface area contributed by atoms with Crippen LogP contribution in [0.25, 0.3) is 10.2 Å². The van der Waals surface area contributed by atoms with Crippen molar-refractivity contribution in [2.75, 3.05) is 45.8 Å². The van der Waals surface area contributed by atoms with Gasteiger partial charge >= 0.3 is 11.0 Å². The third kappa shape index (κ3) is 8.67. The van der Waals surface area contributed by atoms with E-state index in [1.165, 1.54) is 4.90 Å². The second-order valence-electron chi connectivity index (χ2n) is 8.28. The zero-order valence-corrected chi connectivity index (χ0v) is 23.1. The first-order valence-electron chi connectivity index (χ1n) is 11.7. The Morgan fingerprint density at radius 2 is 1.72 bits per heavy atom. The van der Waals surface area contributed by atoms with Crippen LogP contribution in [0.4, 0.5) is 4.79 Å². The quantitative estimate of drug-likeness (QED) is 0.232. The molecule has 0 aliphatic rings. The molecule has 2 aromatic carbocycles. The minimum Gasteiger partial charge on any atom is -0.506 e. The molecular weight excluding hydrogens is 523 g/mol. The van der Waals surface area contributed by atoms with Crippen molar-refractivity contribution in [3.63, 3.8) is 0 Å². The molecule has 8 nitrogen and oxygen atoms in total. The second-order valence-corrected chi connectivity index (χ2v) is 9.27. The lowest BCUT2D eigenvalue weighted by Gasteiger charge is -2.27. The summed E-state index contributed by atoms with van der Waals surface area (Å²) in [4.78, 5) is 30.3. The molecule has 3 aromatic rings. The van der Waals surface area contributed by atoms with E-state index in [1.807, 2.05) is 30.3 Å². The molecule has 0 spiro atoms. The zero-order chi connectivity index (χ0) is 24.5. The highest BCUT2D eigenvalue weighted by Crippen LogP contribution is 2.34. The SMILES string of the molecule is CCN(CC)CCNCCN(CC(Cc1ccccc1)c1ccc(O)c2[nH]c(=O)sc12)C(=O)O.Cl.Cl. The van der Waals surface area contributed by atoms with Gasteiger partial charge in [0.2, 0.25) is 0 Å². The molecule has 1 heterocycles. The summed E-state index contributed by atoms with van der Waals surface area (Å²) in [5, 5.41) is 23.5. The van der Waals surface area contributed by atoms with Crippen molar-refractivity contribution >= 4 is 52.5 Å². The molecule has 11 heteroatoms. The van der Waals surface area contributed by atoms with Gasteiger partial charge in [0.15, 0.2) is 0 Å². The minimum absolute atomic E-state index is 0. The number of benzene rings is 2. The highest BCUT2D eigenvalue weighted by molar-refractivity contribution is 7.16. The Balaban J connectivity index is 0.00000324. The predicted molar refractivity (Wildman–Crippen MR) is 152 cm³/mol. The van der Waals surface area contributed by atoms with E-state index in [1.54, 1.807) is 12.1 Å². The van der Waals surface area contributed by atoms with Gasteiger partial charge in [-0.25, -0.2) is 4.79 Å². The van der Waals surface area contributed by atoms with Crippen molar-refractivity contribution in [1.29, 1.82) is 0 Å². The minimum atomic E-state index is -0.971. The fourth-order valence-electron chi connectivity index (χ4n) is 4.18. The first-order chi connectivity index (χ1) is 16.4. The summed E-state index contributed by atoms with van der Waals surface area (Å²) in [5.41, 5.74) is 2.35. The van der Waals surface area contributed by atoms with Gasteiger partial charge in [-0.15, -0.1) is 24.8 Å². The monoisotopic (exact) mass is 558 g/mol. The average molecular weight is 560 g/mol. The van der Waals surface area contributed by atoms with Gasteiger partial charge in [0.1, 0.15) is 11.3 Å². The number of carboxylic acid groups (broad SMARTS) is 1. The van der Waals surface area contributed by atoms with Crippen LogP contribution in [0.1, 0.15) is 30.9 Å². The largest absolute Gasteiger partial charge is 0.506 e. The third-order valence-corrected chi connectivity index (χ3v) is 7.05. The number of hydrogen-bond donors (Lipinski definition) is 4. The van der Waals surface area contributed by atoms with Crippen LogP contribution in [0.2, 0.25) is 0 Å². The Bertz CT molecular complexity index is 1120. The maximum Gasteiger partial charge on any atom is 0.407 e. The van der Waals surface area contributed by atoms with Crippen LogP contribution >= 0.6 is 36.2 Å². The Labute approximate surface area is 228 Å². The number of hydrogen-bond acceptors (Lipinski definition) is 6. The Hall–Kier alpha value is -2.30. The summed E-state index contributed by atoms with van der Waals surface area (Å²) in [6.07, 6.45) is -0.354. The van der Waals surface area contributed by atoms with Crippen LogP contribution in [0.15, 0.2) is 47.3 Å². The fraction of sp³-hybridized carbons (Fsp3) is 0.440. The van der Waals surface area contributed by atoms with E-state index in [-0.39, 0.29) is 47.9 Å². The van der Waals surface area contributed by atoms with E-state index in [0.717, 1.165) is 48.6 Å². The number of aromatic hydroxyl groups is 1. The van der Waals surface area contributed by atoms with E-state index >= 15 is 0 Å². The number of amides is 1. The van der Waals surface area contributed by atoms with Crippen LogP contribution in [0.5, 0.6) is 5.75 Å². The molecule has 1 amide bonds. The van der Waals surface area contributed by atoms with E-state index in [4.69, 9.17) is 0 Å². The highest BCUT2D eigenvalue weighted by atomic mass is 35.5. The summed E-state index contributed by atoms with van der Waals surface area (Å²) in [7, 11) is 0. The van der Waals surface area contributed by atoms with Crippen LogP contribution in [0, 0.1) is 0 Å². The molecule has 0 saturated heterocycles. The normalized spacial score (nSPS) is 11.6. The smallest absolute Gasteiger partial charge is 0.407 e. The number of phenols is 1. The summed E-state index contributed by atoms with van der Waals surface area (Å²) >= 11 is 1.04. The van der Waals surface area contributed by atoms with Crippen LogP contribution in [0.3, 0.4) is 0 Å². The standard InChI is InChI=1S/C25H34N4O4S.2ClH/c1-3-28(4-2)14-12-26-13-15-29(25(32)33)17-19(16-18-8-6-5-7-9-18)20-10-11-21(30)22-23(20)34-24(31)27-22;;/h5-11,19,26,30H,3-4,12-17H2,1-2H3,(H,27,31)(H,32,33);2*1H. The van der Waals surface area contributed by atoms with E-state index in [9.17, 15) is 19.8 Å². The number of aromatic amines is 1.